The Labute approximate surface area is 99.4 Å². The van der Waals surface area contributed by atoms with Crippen molar-refractivity contribution in [2.75, 3.05) is 26.8 Å². The highest BCUT2D eigenvalue weighted by Gasteiger charge is 2.32. The first-order chi connectivity index (χ1) is 8.24. The minimum atomic E-state index is -0.390. The molecule has 0 aliphatic carbocycles. The highest BCUT2D eigenvalue weighted by Crippen LogP contribution is 2.24. The van der Waals surface area contributed by atoms with Gasteiger partial charge in [0.1, 0.15) is 12.0 Å². The number of nitrogens with zero attached hydrogens (tertiary/aromatic N) is 1. The summed E-state index contributed by atoms with van der Waals surface area (Å²) in [6.07, 6.45) is -0.390. The van der Waals surface area contributed by atoms with E-state index < -0.39 is 0 Å². The van der Waals surface area contributed by atoms with E-state index in [4.69, 9.17) is 4.74 Å². The molecule has 1 aromatic carbocycles. The minimum absolute atomic E-state index is 0.0321. The van der Waals surface area contributed by atoms with E-state index in [-0.39, 0.29) is 24.4 Å². The zero-order valence-electron chi connectivity index (χ0n) is 9.65. The maximum absolute atomic E-state index is 13.7. The Hall–Kier alpha value is -1.46. The van der Waals surface area contributed by atoms with Crippen LogP contribution < -0.4 is 5.32 Å². The van der Waals surface area contributed by atoms with Gasteiger partial charge < -0.3 is 9.64 Å². The normalized spacial score (nSPS) is 20.0. The van der Waals surface area contributed by atoms with Crippen molar-refractivity contribution in [3.8, 4) is 0 Å². The summed E-state index contributed by atoms with van der Waals surface area (Å²) in [4.78, 5) is 13.3. The number of methoxy groups -OCH3 is 1. The van der Waals surface area contributed by atoms with Crippen LogP contribution in [0.4, 0.5) is 4.39 Å². The van der Waals surface area contributed by atoms with Crippen molar-refractivity contribution in [3.63, 3.8) is 0 Å². The molecule has 0 radical (unpaired) electrons. The van der Waals surface area contributed by atoms with Crippen LogP contribution in [0.25, 0.3) is 0 Å². The molecule has 1 unspecified atom stereocenters. The van der Waals surface area contributed by atoms with E-state index in [0.717, 1.165) is 0 Å². The fraction of sp³-hybridized carbons (Fsp3) is 0.417. The second-order valence-corrected chi connectivity index (χ2v) is 3.88. The van der Waals surface area contributed by atoms with Crippen LogP contribution in [0.5, 0.6) is 0 Å². The highest BCUT2D eigenvalue weighted by atomic mass is 19.1. The van der Waals surface area contributed by atoms with Crippen LogP contribution >= 0.6 is 0 Å². The Kier molecular flexibility index (Phi) is 3.71. The van der Waals surface area contributed by atoms with Crippen LogP contribution in [0.3, 0.4) is 0 Å². The number of benzene rings is 1. The first kappa shape index (κ1) is 12.0. The summed E-state index contributed by atoms with van der Waals surface area (Å²) in [6, 6.07) is 6.48. The molecule has 0 saturated carbocycles. The molecular formula is C12H15FN2O2. The van der Waals surface area contributed by atoms with E-state index in [1.54, 1.807) is 30.2 Å². The van der Waals surface area contributed by atoms with Crippen LogP contribution in [0, 0.1) is 5.82 Å². The molecule has 17 heavy (non-hydrogen) atoms. The summed E-state index contributed by atoms with van der Waals surface area (Å²) in [6.45, 7) is 1.14. The zero-order valence-corrected chi connectivity index (χ0v) is 9.65. The van der Waals surface area contributed by atoms with E-state index in [9.17, 15) is 9.18 Å². The molecule has 4 nitrogen and oxygen atoms in total. The molecule has 1 saturated heterocycles. The molecule has 2 rings (SSSR count). The number of hydrogen-bond donors (Lipinski definition) is 1. The molecule has 1 atom stereocenters. The van der Waals surface area contributed by atoms with Crippen molar-refractivity contribution in [1.29, 1.82) is 0 Å². The summed E-state index contributed by atoms with van der Waals surface area (Å²) in [5.74, 6) is -0.336. The van der Waals surface area contributed by atoms with Crippen LogP contribution in [0.2, 0.25) is 0 Å². The average molecular weight is 238 g/mol. The first-order valence-electron chi connectivity index (χ1n) is 5.50. The van der Waals surface area contributed by atoms with Gasteiger partial charge in [-0.1, -0.05) is 18.2 Å². The van der Waals surface area contributed by atoms with Crippen molar-refractivity contribution in [2.45, 2.75) is 6.17 Å². The van der Waals surface area contributed by atoms with Crippen molar-refractivity contribution >= 4 is 5.91 Å². The number of rotatable bonds is 4. The smallest absolute Gasteiger partial charge is 0.238 e. The molecule has 1 fully saturated rings. The molecule has 1 amide bonds. The van der Waals surface area contributed by atoms with Gasteiger partial charge in [-0.3, -0.25) is 10.1 Å². The molecule has 92 valence electrons. The summed E-state index contributed by atoms with van der Waals surface area (Å²) < 4.78 is 18.6. The summed E-state index contributed by atoms with van der Waals surface area (Å²) in [5.41, 5.74) is 0.495. The number of amides is 1. The maximum atomic E-state index is 13.7. The topological polar surface area (TPSA) is 41.6 Å². The Bertz CT molecular complexity index is 411. The zero-order chi connectivity index (χ0) is 12.3. The lowest BCUT2D eigenvalue weighted by Gasteiger charge is -2.24. The van der Waals surface area contributed by atoms with Crippen LogP contribution in [0.1, 0.15) is 11.7 Å². The summed E-state index contributed by atoms with van der Waals surface area (Å²) in [7, 11) is 1.58. The third kappa shape index (κ3) is 2.45. The van der Waals surface area contributed by atoms with Crippen LogP contribution in [0.15, 0.2) is 24.3 Å². The molecule has 1 aliphatic heterocycles. The number of nitrogens with one attached hydrogen (secondary N) is 1. The molecular weight excluding hydrogens is 223 g/mol. The lowest BCUT2D eigenvalue weighted by molar-refractivity contribution is -0.128. The van der Waals surface area contributed by atoms with Crippen LogP contribution in [-0.2, 0) is 9.53 Å². The van der Waals surface area contributed by atoms with Crippen molar-refractivity contribution in [3.05, 3.63) is 35.6 Å². The van der Waals surface area contributed by atoms with Gasteiger partial charge in [0, 0.05) is 19.2 Å². The Balaban J connectivity index is 2.19. The molecule has 0 bridgehead atoms. The van der Waals surface area contributed by atoms with Crippen molar-refractivity contribution in [2.24, 2.45) is 0 Å². The minimum Gasteiger partial charge on any atom is -0.383 e. The standard InChI is InChI=1S/C12H15FN2O2/c1-17-7-6-15-11(16)8-14-12(15)9-4-2-3-5-10(9)13/h2-5,12,14H,6-8H2,1H3. The van der Waals surface area contributed by atoms with E-state index in [2.05, 4.69) is 5.32 Å². The van der Waals surface area contributed by atoms with Gasteiger partial charge in [-0.05, 0) is 6.07 Å². The highest BCUT2D eigenvalue weighted by molar-refractivity contribution is 5.80. The molecule has 1 aliphatic rings. The number of carbonyl (C=O) groups excluding carboxylic acids is 1. The molecule has 1 aromatic rings. The summed E-state index contributed by atoms with van der Waals surface area (Å²) in [5, 5.41) is 3.00. The fourth-order valence-electron chi connectivity index (χ4n) is 1.96. The number of halogens is 1. The Morgan fingerprint density at radius 2 is 2.29 bits per heavy atom. The Morgan fingerprint density at radius 1 is 1.53 bits per heavy atom. The monoisotopic (exact) mass is 238 g/mol. The maximum Gasteiger partial charge on any atom is 0.238 e. The van der Waals surface area contributed by atoms with E-state index in [0.29, 0.717) is 18.7 Å². The number of hydrogen-bond acceptors (Lipinski definition) is 3. The molecule has 1 N–H and O–H groups in total. The van der Waals surface area contributed by atoms with Gasteiger partial charge in [-0.2, -0.15) is 0 Å². The average Bonchev–Trinajstić information content (AvgIpc) is 2.69. The number of ether oxygens (including phenoxy) is 1. The van der Waals surface area contributed by atoms with E-state index in [1.807, 2.05) is 0 Å². The Morgan fingerprint density at radius 3 is 3.00 bits per heavy atom. The molecule has 5 heteroatoms. The molecule has 0 spiro atoms. The van der Waals surface area contributed by atoms with Crippen molar-refractivity contribution < 1.29 is 13.9 Å². The summed E-state index contributed by atoms with van der Waals surface area (Å²) >= 11 is 0. The SMILES string of the molecule is COCCN1C(=O)CNC1c1ccccc1F. The van der Waals surface area contributed by atoms with E-state index in [1.165, 1.54) is 6.07 Å². The third-order valence-corrected chi connectivity index (χ3v) is 2.81. The second kappa shape index (κ2) is 5.25. The first-order valence-corrected chi connectivity index (χ1v) is 5.50. The third-order valence-electron chi connectivity index (χ3n) is 2.81. The van der Waals surface area contributed by atoms with Crippen LogP contribution in [-0.4, -0.2) is 37.6 Å². The van der Waals surface area contributed by atoms with Gasteiger partial charge in [0.2, 0.25) is 5.91 Å². The van der Waals surface area contributed by atoms with Gasteiger partial charge in [0.15, 0.2) is 0 Å². The predicted octanol–water partition coefficient (Wildman–Crippen LogP) is 0.902. The van der Waals surface area contributed by atoms with Gasteiger partial charge in [0.25, 0.3) is 0 Å². The second-order valence-electron chi connectivity index (χ2n) is 3.88. The molecule has 1 heterocycles. The molecule has 0 aromatic heterocycles. The van der Waals surface area contributed by atoms with Gasteiger partial charge in [0.05, 0.1) is 13.2 Å². The lowest BCUT2D eigenvalue weighted by atomic mass is 10.1. The van der Waals surface area contributed by atoms with Gasteiger partial charge in [-0.25, -0.2) is 4.39 Å². The van der Waals surface area contributed by atoms with Gasteiger partial charge >= 0.3 is 0 Å². The number of carbonyl (C=O) groups is 1. The van der Waals surface area contributed by atoms with Gasteiger partial charge in [-0.15, -0.1) is 0 Å². The quantitative estimate of drug-likeness (QED) is 0.847. The fourth-order valence-corrected chi connectivity index (χ4v) is 1.96. The largest absolute Gasteiger partial charge is 0.383 e. The lowest BCUT2D eigenvalue weighted by Crippen LogP contribution is -2.33. The predicted molar refractivity (Wildman–Crippen MR) is 60.7 cm³/mol. The van der Waals surface area contributed by atoms with E-state index >= 15 is 0 Å². The van der Waals surface area contributed by atoms with Crippen molar-refractivity contribution in [1.82, 2.24) is 10.2 Å².